The fourth-order valence-electron chi connectivity index (χ4n) is 2.33. The number of carbonyl (C=O) groups excluding carboxylic acids is 1. The summed E-state index contributed by atoms with van der Waals surface area (Å²) in [6.45, 7) is 1.71. The molecule has 1 N–H and O–H groups in total. The van der Waals surface area contributed by atoms with Crippen molar-refractivity contribution < 1.29 is 9.53 Å². The molecule has 0 radical (unpaired) electrons. The van der Waals surface area contributed by atoms with Crippen LogP contribution in [0.25, 0.3) is 10.8 Å². The highest BCUT2D eigenvalue weighted by Gasteiger charge is 2.16. The first-order chi connectivity index (χ1) is 11.5. The van der Waals surface area contributed by atoms with Crippen LogP contribution in [0.15, 0.2) is 65.1 Å². The summed E-state index contributed by atoms with van der Waals surface area (Å²) in [6, 6.07) is 19.0. The number of benzene rings is 3. The molecule has 0 aliphatic carbocycles. The van der Waals surface area contributed by atoms with Crippen molar-refractivity contribution in [1.82, 2.24) is 0 Å². The lowest BCUT2D eigenvalue weighted by atomic mass is 10.1. The Bertz CT molecular complexity index is 897. The highest BCUT2D eigenvalue weighted by atomic mass is 79.9. The van der Waals surface area contributed by atoms with Crippen LogP contribution in [0.4, 0.5) is 5.69 Å². The maximum Gasteiger partial charge on any atom is 0.265 e. The number of carbonyl (C=O) groups is 1. The van der Waals surface area contributed by atoms with E-state index < -0.39 is 6.10 Å². The second kappa shape index (κ2) is 7.24. The minimum absolute atomic E-state index is 0.216. The molecular formula is C19H15BrClNO2. The average molecular weight is 405 g/mol. The monoisotopic (exact) mass is 403 g/mol. The molecule has 0 aromatic heterocycles. The van der Waals surface area contributed by atoms with E-state index in [2.05, 4.69) is 21.2 Å². The molecule has 3 nitrogen and oxygen atoms in total. The summed E-state index contributed by atoms with van der Waals surface area (Å²) in [5, 5.41) is 5.68. The molecule has 24 heavy (non-hydrogen) atoms. The first kappa shape index (κ1) is 16.8. The van der Waals surface area contributed by atoms with Gasteiger partial charge >= 0.3 is 0 Å². The predicted molar refractivity (Wildman–Crippen MR) is 102 cm³/mol. The molecule has 5 heteroatoms. The number of rotatable bonds is 4. The molecular weight excluding hydrogens is 390 g/mol. The van der Waals surface area contributed by atoms with Crippen LogP contribution >= 0.6 is 27.5 Å². The van der Waals surface area contributed by atoms with E-state index >= 15 is 0 Å². The van der Waals surface area contributed by atoms with Crippen LogP contribution in [-0.2, 0) is 4.79 Å². The zero-order chi connectivity index (χ0) is 17.1. The van der Waals surface area contributed by atoms with Gasteiger partial charge in [-0.25, -0.2) is 0 Å². The third-order valence-electron chi connectivity index (χ3n) is 3.58. The fraction of sp³-hybridized carbons (Fsp3) is 0.105. The highest BCUT2D eigenvalue weighted by molar-refractivity contribution is 9.10. The number of hydrogen-bond donors (Lipinski definition) is 1. The van der Waals surface area contributed by atoms with Crippen molar-refractivity contribution in [2.24, 2.45) is 0 Å². The summed E-state index contributed by atoms with van der Waals surface area (Å²) in [4.78, 5) is 12.4. The smallest absolute Gasteiger partial charge is 0.265 e. The van der Waals surface area contributed by atoms with Gasteiger partial charge in [-0.2, -0.15) is 0 Å². The molecule has 0 saturated carbocycles. The Kier molecular flexibility index (Phi) is 5.07. The lowest BCUT2D eigenvalue weighted by Gasteiger charge is -2.16. The van der Waals surface area contributed by atoms with Gasteiger partial charge < -0.3 is 10.1 Å². The second-order valence-electron chi connectivity index (χ2n) is 5.39. The largest absolute Gasteiger partial charge is 0.480 e. The first-order valence-corrected chi connectivity index (χ1v) is 8.61. The van der Waals surface area contributed by atoms with Crippen molar-refractivity contribution in [3.05, 3.63) is 70.2 Å². The lowest BCUT2D eigenvalue weighted by Crippen LogP contribution is -2.30. The third kappa shape index (κ3) is 3.89. The van der Waals surface area contributed by atoms with E-state index in [1.807, 2.05) is 42.5 Å². The van der Waals surface area contributed by atoms with E-state index in [1.54, 1.807) is 25.1 Å². The van der Waals surface area contributed by atoms with Crippen molar-refractivity contribution in [2.75, 3.05) is 5.32 Å². The Balaban J connectivity index is 1.70. The van der Waals surface area contributed by atoms with Crippen LogP contribution < -0.4 is 10.1 Å². The van der Waals surface area contributed by atoms with Gasteiger partial charge in [0.15, 0.2) is 6.10 Å². The summed E-state index contributed by atoms with van der Waals surface area (Å²) < 4.78 is 6.41. The van der Waals surface area contributed by atoms with Crippen molar-refractivity contribution >= 4 is 49.9 Å². The molecule has 0 aliphatic heterocycles. The van der Waals surface area contributed by atoms with Crippen LogP contribution in [-0.4, -0.2) is 12.0 Å². The van der Waals surface area contributed by atoms with Gasteiger partial charge in [-0.1, -0.05) is 41.9 Å². The Morgan fingerprint density at radius 1 is 1.08 bits per heavy atom. The zero-order valence-corrected chi connectivity index (χ0v) is 15.3. The van der Waals surface area contributed by atoms with Crippen LogP contribution in [0, 0.1) is 0 Å². The minimum atomic E-state index is -0.644. The molecule has 0 fully saturated rings. The maximum absolute atomic E-state index is 12.4. The van der Waals surface area contributed by atoms with Crippen molar-refractivity contribution in [1.29, 1.82) is 0 Å². The van der Waals surface area contributed by atoms with Gasteiger partial charge in [0.05, 0.1) is 4.47 Å². The average Bonchev–Trinajstić information content (AvgIpc) is 2.57. The van der Waals surface area contributed by atoms with Gasteiger partial charge in [0, 0.05) is 10.7 Å². The number of fused-ring (bicyclic) bond motifs is 1. The third-order valence-corrected chi connectivity index (χ3v) is 4.44. The van der Waals surface area contributed by atoms with Crippen molar-refractivity contribution in [2.45, 2.75) is 13.0 Å². The van der Waals surface area contributed by atoms with Gasteiger partial charge in [0.1, 0.15) is 5.75 Å². The van der Waals surface area contributed by atoms with Crippen molar-refractivity contribution in [3.63, 3.8) is 0 Å². The van der Waals surface area contributed by atoms with Crippen LogP contribution in [0.5, 0.6) is 5.75 Å². The summed E-state index contributed by atoms with van der Waals surface area (Å²) >= 11 is 9.28. The molecule has 3 aromatic carbocycles. The van der Waals surface area contributed by atoms with E-state index in [4.69, 9.17) is 16.3 Å². The SMILES string of the molecule is CC(Oc1ccc(Cl)cc1Br)C(=O)Nc1ccc2ccccc2c1. The summed E-state index contributed by atoms with van der Waals surface area (Å²) in [7, 11) is 0. The van der Waals surface area contributed by atoms with Crippen molar-refractivity contribution in [3.8, 4) is 5.75 Å². The Morgan fingerprint density at radius 2 is 1.83 bits per heavy atom. The Hall–Kier alpha value is -2.04. The number of hydrogen-bond acceptors (Lipinski definition) is 2. The molecule has 0 heterocycles. The molecule has 0 aliphatic rings. The highest BCUT2D eigenvalue weighted by Crippen LogP contribution is 2.29. The molecule has 0 bridgehead atoms. The maximum atomic E-state index is 12.4. The predicted octanol–water partition coefficient (Wildman–Crippen LogP) is 5.66. The lowest BCUT2D eigenvalue weighted by molar-refractivity contribution is -0.122. The number of nitrogens with one attached hydrogen (secondary N) is 1. The standard InChI is InChI=1S/C19H15BrClNO2/c1-12(24-18-9-7-15(21)11-17(18)20)19(23)22-16-8-6-13-4-2-3-5-14(13)10-16/h2-12H,1H3,(H,22,23). The quantitative estimate of drug-likeness (QED) is 0.609. The van der Waals surface area contributed by atoms with E-state index in [1.165, 1.54) is 0 Å². The molecule has 1 atom stereocenters. The second-order valence-corrected chi connectivity index (χ2v) is 6.68. The fourth-order valence-corrected chi connectivity index (χ4v) is 3.10. The number of amides is 1. The van der Waals surface area contributed by atoms with Gasteiger partial charge in [0.2, 0.25) is 0 Å². The Labute approximate surface area is 153 Å². The summed E-state index contributed by atoms with van der Waals surface area (Å²) in [5.74, 6) is 0.354. The van der Waals surface area contributed by atoms with Gasteiger partial charge in [-0.3, -0.25) is 4.79 Å². The molecule has 3 aromatic rings. The molecule has 122 valence electrons. The van der Waals surface area contributed by atoms with Gasteiger partial charge in [-0.15, -0.1) is 0 Å². The molecule has 3 rings (SSSR count). The summed E-state index contributed by atoms with van der Waals surface area (Å²) in [5.41, 5.74) is 0.740. The van der Waals surface area contributed by atoms with Crippen LogP contribution in [0.1, 0.15) is 6.92 Å². The zero-order valence-electron chi connectivity index (χ0n) is 12.9. The van der Waals surface area contributed by atoms with Gasteiger partial charge in [-0.05, 0) is 64.0 Å². The Morgan fingerprint density at radius 3 is 2.58 bits per heavy atom. The van der Waals surface area contributed by atoms with E-state index in [0.29, 0.717) is 15.2 Å². The number of halogens is 2. The normalized spacial score (nSPS) is 12.0. The number of ether oxygens (including phenoxy) is 1. The van der Waals surface area contributed by atoms with Crippen LogP contribution in [0.3, 0.4) is 0 Å². The molecule has 1 unspecified atom stereocenters. The molecule has 1 amide bonds. The first-order valence-electron chi connectivity index (χ1n) is 7.44. The van der Waals surface area contributed by atoms with Gasteiger partial charge in [0.25, 0.3) is 5.91 Å². The van der Waals surface area contributed by atoms with E-state index in [9.17, 15) is 4.79 Å². The topological polar surface area (TPSA) is 38.3 Å². The van der Waals surface area contributed by atoms with Crippen LogP contribution in [0.2, 0.25) is 5.02 Å². The molecule has 0 saturated heterocycles. The minimum Gasteiger partial charge on any atom is -0.480 e. The summed E-state index contributed by atoms with van der Waals surface area (Å²) in [6.07, 6.45) is -0.644. The van der Waals surface area contributed by atoms with E-state index in [-0.39, 0.29) is 5.91 Å². The number of anilines is 1. The molecule has 0 spiro atoms. The van der Waals surface area contributed by atoms with E-state index in [0.717, 1.165) is 16.5 Å².